The number of rotatable bonds is 1. The van der Waals surface area contributed by atoms with Crippen molar-refractivity contribution in [3.05, 3.63) is 0 Å². The summed E-state index contributed by atoms with van der Waals surface area (Å²) in [6.45, 7) is 6.31. The molecule has 0 heterocycles. The molecule has 0 aromatic carbocycles. The van der Waals surface area contributed by atoms with Crippen LogP contribution in [0.1, 0.15) is 0 Å². The average Bonchev–Trinajstić information content (AvgIpc) is 1.27. The molecule has 0 aromatic heterocycles. The van der Waals surface area contributed by atoms with Crippen molar-refractivity contribution >= 4 is 17.3 Å². The Labute approximate surface area is 56.8 Å². The third-order valence-corrected chi connectivity index (χ3v) is 4.96. The summed E-state index contributed by atoms with van der Waals surface area (Å²) in [6, 6.07) is 0. The molecule has 52 valence electrons. The third-order valence-electron chi connectivity index (χ3n) is 1.35. The molecule has 0 bridgehead atoms. The van der Waals surface area contributed by atoms with Crippen LogP contribution in [0.5, 0.6) is 0 Å². The summed E-state index contributed by atoms with van der Waals surface area (Å²) in [5.74, 6) is 0. The topological polar surface area (TPSA) is 3.24 Å². The Kier molecular flexibility index (Phi) is 1.99. The first-order valence-electron chi connectivity index (χ1n) is 2.61. The van der Waals surface area contributed by atoms with Crippen molar-refractivity contribution < 1.29 is 0 Å². The second-order valence-corrected chi connectivity index (χ2v) is 12.7. The zero-order valence-electron chi connectivity index (χ0n) is 6.27. The fourth-order valence-corrected chi connectivity index (χ4v) is 0. The monoisotopic (exact) mass is 155 g/mol. The van der Waals surface area contributed by atoms with E-state index in [9.17, 15) is 0 Å². The van der Waals surface area contributed by atoms with Crippen LogP contribution in [0.4, 0.5) is 0 Å². The minimum atomic E-state index is -1.88. The number of halogens is 1. The molecule has 0 aliphatic heterocycles. The minimum absolute atomic E-state index is 1.88. The van der Waals surface area contributed by atoms with Crippen molar-refractivity contribution in [2.75, 3.05) is 34.1 Å². The molecule has 0 aromatic rings. The van der Waals surface area contributed by atoms with Crippen LogP contribution in [-0.4, -0.2) is 38.8 Å². The van der Waals surface area contributed by atoms with Crippen molar-refractivity contribution in [2.24, 2.45) is 0 Å². The number of nitrogens with zero attached hydrogens (tertiary/aromatic N) is 1. The van der Waals surface area contributed by atoms with Crippen molar-refractivity contribution in [1.82, 2.24) is 4.67 Å². The van der Waals surface area contributed by atoms with Gasteiger partial charge < -0.3 is 0 Å². The van der Waals surface area contributed by atoms with E-state index in [0.29, 0.717) is 0 Å². The second-order valence-electron chi connectivity index (χ2n) is 3.37. The molecule has 0 rings (SSSR count). The van der Waals surface area contributed by atoms with Crippen LogP contribution < -0.4 is 0 Å². The molecule has 0 spiro atoms. The summed E-state index contributed by atoms with van der Waals surface area (Å²) >= 11 is 6.18. The van der Waals surface area contributed by atoms with Crippen molar-refractivity contribution in [3.8, 4) is 0 Å². The predicted octanol–water partition coefficient (Wildman–Crippen LogP) is 2.06. The van der Waals surface area contributed by atoms with Gasteiger partial charge in [0.15, 0.2) is 0 Å². The third kappa shape index (κ3) is 2.86. The first-order chi connectivity index (χ1) is 3.20. The first kappa shape index (κ1) is 8.68. The summed E-state index contributed by atoms with van der Waals surface area (Å²) in [5.41, 5.74) is 0. The molecule has 0 aliphatic rings. The van der Waals surface area contributed by atoms with Crippen LogP contribution >= 0.6 is 17.3 Å². The summed E-state index contributed by atoms with van der Waals surface area (Å²) in [6.07, 6.45) is -1.88. The van der Waals surface area contributed by atoms with Crippen molar-refractivity contribution in [3.63, 3.8) is 0 Å². The van der Waals surface area contributed by atoms with Gasteiger partial charge in [-0.2, -0.15) is 0 Å². The molecule has 0 atom stereocenters. The molecule has 0 amide bonds. The van der Waals surface area contributed by atoms with Gasteiger partial charge in [-0.05, 0) is 0 Å². The summed E-state index contributed by atoms with van der Waals surface area (Å²) in [5, 5.41) is 0. The molecule has 0 aliphatic carbocycles. The maximum atomic E-state index is 6.18. The van der Waals surface area contributed by atoms with E-state index in [4.69, 9.17) is 11.2 Å². The molecule has 0 N–H and O–H groups in total. The van der Waals surface area contributed by atoms with E-state index >= 15 is 0 Å². The summed E-state index contributed by atoms with van der Waals surface area (Å²) in [4.78, 5) is 0. The molecule has 8 heavy (non-hydrogen) atoms. The molecule has 3 heteroatoms. The fourth-order valence-electron chi connectivity index (χ4n) is 0. The van der Waals surface area contributed by atoms with E-state index < -0.39 is 6.11 Å². The van der Waals surface area contributed by atoms with E-state index in [1.165, 1.54) is 0 Å². The van der Waals surface area contributed by atoms with E-state index in [-0.39, 0.29) is 0 Å². The Balaban J connectivity index is 4.14. The van der Waals surface area contributed by atoms with E-state index in [0.717, 1.165) is 0 Å². The van der Waals surface area contributed by atoms with Crippen LogP contribution in [0, 0.1) is 0 Å². The van der Waals surface area contributed by atoms with Crippen LogP contribution in [0.15, 0.2) is 0 Å². The molecule has 0 fully saturated rings. The maximum absolute atomic E-state index is 6.18. The van der Waals surface area contributed by atoms with E-state index in [1.54, 1.807) is 0 Å². The molecule has 0 radical (unpaired) electrons. The zero-order valence-corrected chi connectivity index (χ0v) is 7.92. The Morgan fingerprint density at radius 2 is 1.25 bits per heavy atom. The van der Waals surface area contributed by atoms with Gasteiger partial charge in [0.05, 0.1) is 0 Å². The van der Waals surface area contributed by atoms with Gasteiger partial charge in [0.25, 0.3) is 0 Å². The van der Waals surface area contributed by atoms with E-state index in [2.05, 4.69) is 24.7 Å². The normalized spacial score (nSPS) is 18.1. The van der Waals surface area contributed by atoms with Gasteiger partial charge in [-0.15, -0.1) is 0 Å². The fraction of sp³-hybridized carbons (Fsp3) is 1.00. The van der Waals surface area contributed by atoms with Crippen molar-refractivity contribution in [1.29, 1.82) is 0 Å². The van der Waals surface area contributed by atoms with Crippen LogP contribution in [0.3, 0.4) is 0 Å². The Hall–Kier alpha value is 0.680. The van der Waals surface area contributed by atoms with E-state index in [1.807, 2.05) is 14.1 Å². The van der Waals surface area contributed by atoms with Gasteiger partial charge >= 0.3 is 56.1 Å². The second kappa shape index (κ2) is 1.83. The van der Waals surface area contributed by atoms with Gasteiger partial charge in [-0.3, -0.25) is 0 Å². The zero-order chi connectivity index (χ0) is 7.02. The van der Waals surface area contributed by atoms with Crippen LogP contribution in [0.25, 0.3) is 0 Å². The van der Waals surface area contributed by atoms with Gasteiger partial charge in [0.1, 0.15) is 0 Å². The first-order valence-corrected chi connectivity index (χ1v) is 7.04. The van der Waals surface area contributed by atoms with Gasteiger partial charge in [-0.1, -0.05) is 0 Å². The Morgan fingerprint density at radius 1 is 1.12 bits per heavy atom. The van der Waals surface area contributed by atoms with Crippen LogP contribution in [0.2, 0.25) is 0 Å². The molecule has 0 saturated heterocycles. The van der Waals surface area contributed by atoms with Gasteiger partial charge in [-0.25, -0.2) is 0 Å². The Morgan fingerprint density at radius 3 is 1.25 bits per heavy atom. The SMILES string of the molecule is CN(C)P(C)(C)(C)Cl. The molecular formula is C5H15ClNP. The molecule has 0 saturated carbocycles. The Bertz CT molecular complexity index is 83.1. The molecular weight excluding hydrogens is 140 g/mol. The predicted molar refractivity (Wildman–Crippen MR) is 44.2 cm³/mol. The summed E-state index contributed by atoms with van der Waals surface area (Å²) < 4.78 is 2.10. The van der Waals surface area contributed by atoms with Crippen molar-refractivity contribution in [2.45, 2.75) is 0 Å². The number of hydrogen-bond donors (Lipinski definition) is 0. The molecule has 0 unspecified atom stereocenters. The quantitative estimate of drug-likeness (QED) is 0.524. The van der Waals surface area contributed by atoms with Gasteiger partial charge in [0.2, 0.25) is 0 Å². The van der Waals surface area contributed by atoms with Gasteiger partial charge in [0, 0.05) is 0 Å². The summed E-state index contributed by atoms with van der Waals surface area (Å²) in [7, 11) is 4.04. The van der Waals surface area contributed by atoms with Crippen LogP contribution in [-0.2, 0) is 0 Å². The number of hydrogen-bond acceptors (Lipinski definition) is 1. The standard InChI is InChI=1S/C5H15ClNP/c1-7(2)8(3,4,5)6/h1-5H3. The average molecular weight is 156 g/mol. The molecule has 1 nitrogen and oxygen atoms in total.